The summed E-state index contributed by atoms with van der Waals surface area (Å²) in [6, 6.07) is 6.74. The van der Waals surface area contributed by atoms with Gasteiger partial charge in [-0.3, -0.25) is 0 Å². The Labute approximate surface area is 170 Å². The van der Waals surface area contributed by atoms with Crippen LogP contribution in [0.15, 0.2) is 22.6 Å². The van der Waals surface area contributed by atoms with Gasteiger partial charge in [0.25, 0.3) is 5.89 Å². The summed E-state index contributed by atoms with van der Waals surface area (Å²) in [6.07, 6.45) is 0.933. The fourth-order valence-electron chi connectivity index (χ4n) is 3.60. The maximum absolute atomic E-state index is 5.85. The second-order valence-corrected chi connectivity index (χ2v) is 8.49. The van der Waals surface area contributed by atoms with Crippen LogP contribution in [-0.4, -0.2) is 41.0 Å². The third kappa shape index (κ3) is 4.05. The maximum atomic E-state index is 5.85. The topological polar surface area (TPSA) is 82.3 Å². The van der Waals surface area contributed by atoms with E-state index >= 15 is 0 Å². The van der Waals surface area contributed by atoms with Gasteiger partial charge in [0, 0.05) is 12.0 Å². The van der Waals surface area contributed by atoms with E-state index in [0.717, 1.165) is 40.8 Å². The molecule has 0 saturated carbocycles. The number of nitrogens with one attached hydrogen (secondary N) is 1. The summed E-state index contributed by atoms with van der Waals surface area (Å²) < 4.78 is 17.0. The van der Waals surface area contributed by atoms with E-state index in [1.165, 1.54) is 0 Å². The van der Waals surface area contributed by atoms with Crippen LogP contribution in [0, 0.1) is 6.92 Å². The molecule has 3 aromatic rings. The standard InChI is InChI=1S/C22H28N4O3/c1-6-28-15-10-16-13(2)9-18(24-19(16)17(11-15)22(3,4)5)20-25-26-21(29-20)23-14-7-8-27-12-14/h9-11,14H,6-8,12H2,1-5H3,(H,23,26)/t14-/m1/s1. The lowest BCUT2D eigenvalue weighted by Crippen LogP contribution is -2.18. The average molecular weight is 396 g/mol. The molecular formula is C22H28N4O3. The quantitative estimate of drug-likeness (QED) is 0.680. The highest BCUT2D eigenvalue weighted by atomic mass is 16.5. The van der Waals surface area contributed by atoms with Crippen LogP contribution in [0.3, 0.4) is 0 Å². The van der Waals surface area contributed by atoms with Crippen LogP contribution in [0.5, 0.6) is 5.75 Å². The second-order valence-electron chi connectivity index (χ2n) is 8.49. The van der Waals surface area contributed by atoms with E-state index in [0.29, 0.717) is 30.8 Å². The molecule has 0 spiro atoms. The maximum Gasteiger partial charge on any atom is 0.316 e. The predicted octanol–water partition coefficient (Wildman–Crippen LogP) is 4.49. The van der Waals surface area contributed by atoms with Crippen molar-refractivity contribution in [2.45, 2.75) is 52.5 Å². The van der Waals surface area contributed by atoms with Gasteiger partial charge in [0.05, 0.1) is 24.8 Å². The molecule has 29 heavy (non-hydrogen) atoms. The number of hydrogen-bond donors (Lipinski definition) is 1. The van der Waals surface area contributed by atoms with Gasteiger partial charge in [-0.1, -0.05) is 25.9 Å². The summed E-state index contributed by atoms with van der Waals surface area (Å²) >= 11 is 0. The zero-order valence-electron chi connectivity index (χ0n) is 17.7. The van der Waals surface area contributed by atoms with Crippen LogP contribution >= 0.6 is 0 Å². The third-order valence-corrected chi connectivity index (χ3v) is 5.11. The number of anilines is 1. The molecule has 1 fully saturated rings. The van der Waals surface area contributed by atoms with E-state index < -0.39 is 0 Å². The smallest absolute Gasteiger partial charge is 0.316 e. The van der Waals surface area contributed by atoms with E-state index in [1.54, 1.807) is 0 Å². The van der Waals surface area contributed by atoms with E-state index in [-0.39, 0.29) is 11.5 Å². The van der Waals surface area contributed by atoms with Crippen molar-refractivity contribution < 1.29 is 13.9 Å². The molecule has 1 N–H and O–H groups in total. The first-order valence-electron chi connectivity index (χ1n) is 10.1. The number of rotatable bonds is 5. The molecule has 7 nitrogen and oxygen atoms in total. The van der Waals surface area contributed by atoms with E-state index in [1.807, 2.05) is 13.0 Å². The van der Waals surface area contributed by atoms with Gasteiger partial charge >= 0.3 is 6.01 Å². The minimum atomic E-state index is -0.0898. The lowest BCUT2D eigenvalue weighted by atomic mass is 9.84. The highest BCUT2D eigenvalue weighted by molar-refractivity contribution is 5.89. The summed E-state index contributed by atoms with van der Waals surface area (Å²) in [5, 5.41) is 12.6. The van der Waals surface area contributed by atoms with Gasteiger partial charge < -0.3 is 19.2 Å². The Bertz CT molecular complexity index is 1020. The number of aryl methyl sites for hydroxylation is 1. The summed E-state index contributed by atoms with van der Waals surface area (Å²) in [5.41, 5.74) is 3.74. The van der Waals surface area contributed by atoms with Crippen molar-refractivity contribution in [3.8, 4) is 17.3 Å². The van der Waals surface area contributed by atoms with Crippen molar-refractivity contribution in [3.05, 3.63) is 29.3 Å². The van der Waals surface area contributed by atoms with Gasteiger partial charge in [0.15, 0.2) is 0 Å². The largest absolute Gasteiger partial charge is 0.494 e. The Morgan fingerprint density at radius 1 is 1.21 bits per heavy atom. The molecule has 4 rings (SSSR count). The molecule has 1 aromatic carbocycles. The van der Waals surface area contributed by atoms with Gasteiger partial charge in [-0.05, 0) is 55.0 Å². The van der Waals surface area contributed by atoms with E-state index in [4.69, 9.17) is 18.9 Å². The zero-order chi connectivity index (χ0) is 20.6. The fourth-order valence-corrected chi connectivity index (χ4v) is 3.60. The van der Waals surface area contributed by atoms with Crippen molar-refractivity contribution in [1.29, 1.82) is 0 Å². The van der Waals surface area contributed by atoms with Crippen LogP contribution in [-0.2, 0) is 10.2 Å². The lowest BCUT2D eigenvalue weighted by molar-refractivity contribution is 0.195. The number of benzene rings is 1. The van der Waals surface area contributed by atoms with Crippen molar-refractivity contribution in [3.63, 3.8) is 0 Å². The third-order valence-electron chi connectivity index (χ3n) is 5.11. The SMILES string of the molecule is CCOc1cc(C(C)(C)C)c2nc(-c3nnc(N[C@@H]4CCOC4)o3)cc(C)c2c1. The molecular weight excluding hydrogens is 368 g/mol. The monoisotopic (exact) mass is 396 g/mol. The van der Waals surface area contributed by atoms with Crippen LogP contribution in [0.2, 0.25) is 0 Å². The number of nitrogens with zero attached hydrogens (tertiary/aromatic N) is 3. The molecule has 1 atom stereocenters. The first-order chi connectivity index (χ1) is 13.8. The summed E-state index contributed by atoms with van der Waals surface area (Å²) in [7, 11) is 0. The van der Waals surface area contributed by atoms with Gasteiger partial charge in [0.2, 0.25) is 0 Å². The Morgan fingerprint density at radius 3 is 2.72 bits per heavy atom. The fraction of sp³-hybridized carbons (Fsp3) is 0.500. The Morgan fingerprint density at radius 2 is 2.03 bits per heavy atom. The van der Waals surface area contributed by atoms with E-state index in [2.05, 4.69) is 55.3 Å². The van der Waals surface area contributed by atoms with Crippen molar-refractivity contribution >= 4 is 16.9 Å². The molecule has 1 saturated heterocycles. The molecule has 3 heterocycles. The summed E-state index contributed by atoms with van der Waals surface area (Å²) in [5.74, 6) is 1.27. The van der Waals surface area contributed by atoms with Gasteiger partial charge in [-0.25, -0.2) is 4.98 Å². The van der Waals surface area contributed by atoms with Crippen molar-refractivity contribution in [2.75, 3.05) is 25.1 Å². The van der Waals surface area contributed by atoms with Crippen molar-refractivity contribution in [2.24, 2.45) is 0 Å². The number of hydrogen-bond acceptors (Lipinski definition) is 7. The Kier molecular flexibility index (Phi) is 5.17. The average Bonchev–Trinajstić information content (AvgIpc) is 3.33. The van der Waals surface area contributed by atoms with Gasteiger partial charge in [-0.2, -0.15) is 0 Å². The Hall–Kier alpha value is -2.67. The van der Waals surface area contributed by atoms with Crippen LogP contribution in [0.4, 0.5) is 6.01 Å². The number of fused-ring (bicyclic) bond motifs is 1. The summed E-state index contributed by atoms with van der Waals surface area (Å²) in [6.45, 7) is 12.6. The minimum absolute atomic E-state index is 0.0898. The highest BCUT2D eigenvalue weighted by Crippen LogP contribution is 2.36. The minimum Gasteiger partial charge on any atom is -0.494 e. The first-order valence-corrected chi connectivity index (χ1v) is 10.1. The lowest BCUT2D eigenvalue weighted by Gasteiger charge is -2.22. The van der Waals surface area contributed by atoms with Crippen LogP contribution < -0.4 is 10.1 Å². The van der Waals surface area contributed by atoms with Gasteiger partial charge in [0.1, 0.15) is 11.4 Å². The van der Waals surface area contributed by atoms with Crippen molar-refractivity contribution in [1.82, 2.24) is 15.2 Å². The molecule has 0 radical (unpaired) electrons. The molecule has 7 heteroatoms. The number of pyridine rings is 1. The second kappa shape index (κ2) is 7.63. The molecule has 154 valence electrons. The number of aromatic nitrogens is 3. The summed E-state index contributed by atoms with van der Waals surface area (Å²) in [4.78, 5) is 4.91. The predicted molar refractivity (Wildman–Crippen MR) is 112 cm³/mol. The van der Waals surface area contributed by atoms with Crippen LogP contribution in [0.25, 0.3) is 22.5 Å². The highest BCUT2D eigenvalue weighted by Gasteiger charge is 2.23. The molecule has 0 unspecified atom stereocenters. The van der Waals surface area contributed by atoms with Gasteiger partial charge in [-0.15, -0.1) is 5.10 Å². The molecule has 1 aliphatic heterocycles. The van der Waals surface area contributed by atoms with Crippen LogP contribution in [0.1, 0.15) is 45.2 Å². The number of ether oxygens (including phenoxy) is 2. The first kappa shape index (κ1) is 19.6. The molecule has 0 bridgehead atoms. The normalized spacial score (nSPS) is 17.1. The molecule has 0 aliphatic carbocycles. The Balaban J connectivity index is 1.76. The molecule has 2 aromatic heterocycles. The molecule has 0 amide bonds. The molecule has 1 aliphatic rings. The zero-order valence-corrected chi connectivity index (χ0v) is 17.7. The van der Waals surface area contributed by atoms with E-state index in [9.17, 15) is 0 Å².